The van der Waals surface area contributed by atoms with Crippen LogP contribution in [0.5, 0.6) is 0 Å². The van der Waals surface area contributed by atoms with E-state index >= 15 is 0 Å². The summed E-state index contributed by atoms with van der Waals surface area (Å²) in [4.78, 5) is 9.83. The molecule has 4 nitrogen and oxygen atoms in total. The molecule has 0 saturated carbocycles. The Labute approximate surface area is 261 Å². The zero-order valence-electron chi connectivity index (χ0n) is 24.9. The molecule has 1 atom stereocenters. The summed E-state index contributed by atoms with van der Waals surface area (Å²) in [6.45, 7) is 2.34. The monoisotopic (exact) mass is 578 g/mol. The predicted octanol–water partition coefficient (Wildman–Crippen LogP) is 10.4. The fraction of sp³-hybridized carbons (Fsp3) is 0.0732. The fourth-order valence-corrected chi connectivity index (χ4v) is 7.36. The lowest BCUT2D eigenvalue weighted by Gasteiger charge is -2.24. The second kappa shape index (κ2) is 10.2. The highest BCUT2D eigenvalue weighted by Crippen LogP contribution is 2.46. The minimum atomic E-state index is 0.408. The molecule has 1 aliphatic rings. The first-order chi connectivity index (χ1) is 22.3. The molecular weight excluding hydrogens is 548 g/mol. The van der Waals surface area contributed by atoms with Gasteiger partial charge in [0.15, 0.2) is 0 Å². The van der Waals surface area contributed by atoms with Gasteiger partial charge in [0.05, 0.1) is 45.0 Å². The van der Waals surface area contributed by atoms with Crippen LogP contribution in [0.3, 0.4) is 0 Å². The first-order valence-electron chi connectivity index (χ1n) is 15.6. The number of fused-ring (bicyclic) bond motifs is 6. The van der Waals surface area contributed by atoms with Crippen LogP contribution in [0, 0.1) is 0 Å². The maximum Gasteiger partial charge on any atom is 0.0804 e. The number of para-hydroxylation sites is 3. The van der Waals surface area contributed by atoms with Crippen LogP contribution in [-0.2, 0) is 0 Å². The average molecular weight is 579 g/mol. The molecular formula is C41H30N4. The lowest BCUT2D eigenvalue weighted by molar-refractivity contribution is 0.772. The van der Waals surface area contributed by atoms with Crippen molar-refractivity contribution < 1.29 is 0 Å². The van der Waals surface area contributed by atoms with Crippen molar-refractivity contribution in [3.05, 3.63) is 151 Å². The van der Waals surface area contributed by atoms with Gasteiger partial charge in [0, 0.05) is 39.7 Å². The smallest absolute Gasteiger partial charge is 0.0804 e. The molecule has 0 bridgehead atoms. The van der Waals surface area contributed by atoms with Crippen molar-refractivity contribution >= 4 is 38.8 Å². The molecule has 1 aliphatic carbocycles. The molecule has 0 amide bonds. The van der Waals surface area contributed by atoms with Crippen LogP contribution in [0.1, 0.15) is 30.5 Å². The standard InChI is InChI=1S/C41H30N4/c1-27-13-12-22-38-39(27)32-16-4-7-21-37(32)45(38)41-31(34-18-9-11-26-43-34)24-23-30(33-17-8-10-25-42-33)40(41)44-35-19-5-2-14-28(35)29-15-3-6-20-36(29)44/h2-12,14-27H,13H2,1H3. The Bertz CT molecular complexity index is 2360. The summed E-state index contributed by atoms with van der Waals surface area (Å²) < 4.78 is 4.94. The topological polar surface area (TPSA) is 35.6 Å². The number of hydrogen-bond donors (Lipinski definition) is 0. The van der Waals surface area contributed by atoms with E-state index in [4.69, 9.17) is 9.97 Å². The van der Waals surface area contributed by atoms with Gasteiger partial charge in [0.25, 0.3) is 0 Å². The first kappa shape index (κ1) is 25.7. The lowest BCUT2D eigenvalue weighted by atomic mass is 9.90. The van der Waals surface area contributed by atoms with Gasteiger partial charge in [-0.25, -0.2) is 0 Å². The van der Waals surface area contributed by atoms with E-state index in [1.807, 2.05) is 24.5 Å². The third-order valence-corrected chi connectivity index (χ3v) is 9.27. The molecule has 45 heavy (non-hydrogen) atoms. The molecule has 0 aliphatic heterocycles. The van der Waals surface area contributed by atoms with E-state index in [9.17, 15) is 0 Å². The highest BCUT2D eigenvalue weighted by atomic mass is 15.1. The van der Waals surface area contributed by atoms with E-state index in [1.165, 1.54) is 32.9 Å². The Kier molecular flexibility index (Phi) is 5.82. The molecule has 4 aromatic carbocycles. The van der Waals surface area contributed by atoms with Crippen molar-refractivity contribution in [2.24, 2.45) is 0 Å². The van der Waals surface area contributed by atoms with Gasteiger partial charge >= 0.3 is 0 Å². The predicted molar refractivity (Wildman–Crippen MR) is 186 cm³/mol. The van der Waals surface area contributed by atoms with Gasteiger partial charge in [0.1, 0.15) is 0 Å². The molecule has 0 N–H and O–H groups in total. The summed E-state index contributed by atoms with van der Waals surface area (Å²) in [5.41, 5.74) is 12.3. The summed E-state index contributed by atoms with van der Waals surface area (Å²) in [5, 5.41) is 3.75. The number of allylic oxidation sites excluding steroid dienone is 1. The number of nitrogens with zero attached hydrogens (tertiary/aromatic N) is 4. The molecule has 0 saturated heterocycles. The summed E-state index contributed by atoms with van der Waals surface area (Å²) in [5.74, 6) is 0.408. The SMILES string of the molecule is CC1CC=Cc2c1c1ccccc1n2-c1c(-c2ccccn2)ccc(-c2ccccn2)c1-n1c2ccccc2c2ccccc21. The Hall–Kier alpha value is -5.74. The zero-order valence-corrected chi connectivity index (χ0v) is 24.9. The maximum atomic E-state index is 4.92. The average Bonchev–Trinajstić information content (AvgIpc) is 3.62. The van der Waals surface area contributed by atoms with Gasteiger partial charge < -0.3 is 9.13 Å². The van der Waals surface area contributed by atoms with Gasteiger partial charge in [-0.1, -0.05) is 79.7 Å². The van der Waals surface area contributed by atoms with Crippen molar-refractivity contribution in [3.63, 3.8) is 0 Å². The molecule has 4 heteroatoms. The number of benzene rings is 4. The maximum absolute atomic E-state index is 4.92. The highest BCUT2D eigenvalue weighted by molar-refractivity contribution is 6.10. The van der Waals surface area contributed by atoms with E-state index < -0.39 is 0 Å². The minimum absolute atomic E-state index is 0.408. The lowest BCUT2D eigenvalue weighted by Crippen LogP contribution is -2.10. The van der Waals surface area contributed by atoms with Crippen LogP contribution in [0.25, 0.3) is 72.7 Å². The van der Waals surface area contributed by atoms with E-state index in [0.717, 1.165) is 51.3 Å². The van der Waals surface area contributed by atoms with Gasteiger partial charge in [-0.3, -0.25) is 9.97 Å². The first-order valence-corrected chi connectivity index (χ1v) is 15.6. The van der Waals surface area contributed by atoms with Crippen molar-refractivity contribution in [3.8, 4) is 33.9 Å². The Morgan fingerprint density at radius 1 is 0.533 bits per heavy atom. The van der Waals surface area contributed by atoms with Crippen LogP contribution in [0.2, 0.25) is 0 Å². The number of aromatic nitrogens is 4. The molecule has 9 rings (SSSR count). The largest absolute Gasteiger partial charge is 0.307 e. The minimum Gasteiger partial charge on any atom is -0.307 e. The third kappa shape index (κ3) is 3.85. The molecule has 0 radical (unpaired) electrons. The second-order valence-electron chi connectivity index (χ2n) is 11.8. The second-order valence-corrected chi connectivity index (χ2v) is 11.8. The number of hydrogen-bond acceptors (Lipinski definition) is 2. The molecule has 4 heterocycles. The number of rotatable bonds is 4. The van der Waals surface area contributed by atoms with Crippen molar-refractivity contribution in [2.75, 3.05) is 0 Å². The van der Waals surface area contributed by atoms with Crippen molar-refractivity contribution in [2.45, 2.75) is 19.3 Å². The van der Waals surface area contributed by atoms with Crippen LogP contribution in [-0.4, -0.2) is 19.1 Å². The quantitative estimate of drug-likeness (QED) is 0.208. The van der Waals surface area contributed by atoms with Gasteiger partial charge in [-0.05, 0) is 78.6 Å². The fourth-order valence-electron chi connectivity index (χ4n) is 7.36. The van der Waals surface area contributed by atoms with E-state index in [-0.39, 0.29) is 0 Å². The Balaban J connectivity index is 1.55. The molecule has 1 unspecified atom stereocenters. The van der Waals surface area contributed by atoms with Crippen molar-refractivity contribution in [1.29, 1.82) is 0 Å². The molecule has 4 aromatic heterocycles. The van der Waals surface area contributed by atoms with Crippen LogP contribution < -0.4 is 0 Å². The van der Waals surface area contributed by atoms with E-state index in [0.29, 0.717) is 5.92 Å². The third-order valence-electron chi connectivity index (χ3n) is 9.27. The van der Waals surface area contributed by atoms with Crippen LogP contribution in [0.4, 0.5) is 0 Å². The Morgan fingerprint density at radius 3 is 1.58 bits per heavy atom. The summed E-state index contributed by atoms with van der Waals surface area (Å²) in [6.07, 6.45) is 9.44. The summed E-state index contributed by atoms with van der Waals surface area (Å²) in [7, 11) is 0. The van der Waals surface area contributed by atoms with Crippen LogP contribution in [0.15, 0.2) is 140 Å². The summed E-state index contributed by atoms with van der Waals surface area (Å²) in [6, 6.07) is 43.1. The molecule has 214 valence electrons. The van der Waals surface area contributed by atoms with E-state index in [1.54, 1.807) is 0 Å². The molecule has 0 fully saturated rings. The van der Waals surface area contributed by atoms with Gasteiger partial charge in [-0.2, -0.15) is 0 Å². The van der Waals surface area contributed by atoms with Crippen molar-refractivity contribution in [1.82, 2.24) is 19.1 Å². The zero-order chi connectivity index (χ0) is 29.9. The molecule has 0 spiro atoms. The van der Waals surface area contributed by atoms with Gasteiger partial charge in [0.2, 0.25) is 0 Å². The van der Waals surface area contributed by atoms with Gasteiger partial charge in [-0.15, -0.1) is 0 Å². The molecule has 8 aromatic rings. The highest BCUT2D eigenvalue weighted by Gasteiger charge is 2.29. The van der Waals surface area contributed by atoms with Crippen LogP contribution >= 0.6 is 0 Å². The normalized spacial score (nSPS) is 14.4. The Morgan fingerprint density at radius 2 is 1.02 bits per heavy atom. The summed E-state index contributed by atoms with van der Waals surface area (Å²) >= 11 is 0. The number of pyridine rings is 2. The van der Waals surface area contributed by atoms with E-state index in [2.05, 4.69) is 137 Å².